The molecule has 0 aliphatic carbocycles. The largest absolute Gasteiger partial charge is 0.494 e. The summed E-state index contributed by atoms with van der Waals surface area (Å²) in [6.07, 6.45) is 0. The molecule has 0 atom stereocenters. The molecule has 23 heteroatoms. The van der Waals surface area contributed by atoms with Crippen molar-refractivity contribution < 1.29 is 40.5 Å². The first-order chi connectivity index (χ1) is 29.6. The molecule has 0 unspecified atom stereocenters. The van der Waals surface area contributed by atoms with Crippen molar-refractivity contribution in [3.8, 4) is 11.5 Å². The Morgan fingerprint density at radius 3 is 1.35 bits per heavy atom. The lowest BCUT2D eigenvalue weighted by atomic mass is 10.2. The third kappa shape index (κ3) is 12.1. The number of benzene rings is 4. The fourth-order valence-corrected chi connectivity index (χ4v) is 7.51. The fraction of sp³-hybridized carbons (Fsp3) is 0.308. The molecule has 0 aliphatic rings. The van der Waals surface area contributed by atoms with Gasteiger partial charge >= 0.3 is 0 Å². The van der Waals surface area contributed by atoms with Crippen LogP contribution in [0.3, 0.4) is 0 Å². The number of thioether (sulfide) groups is 1. The zero-order valence-corrected chi connectivity index (χ0v) is 37.2. The number of rotatable bonds is 21. The summed E-state index contributed by atoms with van der Waals surface area (Å²) in [4.78, 5) is 17.4. The summed E-state index contributed by atoms with van der Waals surface area (Å²) in [5.74, 6) is 0.854. The molecule has 4 aromatic carbocycles. The Labute approximate surface area is 364 Å². The molecule has 330 valence electrons. The van der Waals surface area contributed by atoms with Crippen LogP contribution in [0.5, 0.6) is 11.5 Å². The molecule has 5 N–H and O–H groups in total. The van der Waals surface area contributed by atoms with Gasteiger partial charge < -0.3 is 35.0 Å². The van der Waals surface area contributed by atoms with Gasteiger partial charge in [-0.15, -0.1) is 20.5 Å². The van der Waals surface area contributed by atoms with Gasteiger partial charge in [0.15, 0.2) is 5.16 Å². The number of ether oxygens (including phenoxy) is 2. The van der Waals surface area contributed by atoms with E-state index in [9.17, 15) is 31.0 Å². The van der Waals surface area contributed by atoms with Crippen LogP contribution in [0.4, 0.5) is 57.4 Å². The van der Waals surface area contributed by atoms with E-state index in [1.54, 1.807) is 12.1 Å². The van der Waals surface area contributed by atoms with Crippen LogP contribution in [-0.2, 0) is 20.2 Å². The molecule has 0 saturated carbocycles. The smallest absolute Gasteiger partial charge is 0.294 e. The molecule has 0 spiro atoms. The van der Waals surface area contributed by atoms with Crippen molar-refractivity contribution in [3.63, 3.8) is 0 Å². The van der Waals surface area contributed by atoms with Gasteiger partial charge in [0.05, 0.1) is 42.0 Å². The number of nitrogens with zero attached hydrogens (tertiary/aromatic N) is 9. The van der Waals surface area contributed by atoms with E-state index in [-0.39, 0.29) is 62.1 Å². The molecule has 62 heavy (non-hydrogen) atoms. The Balaban J connectivity index is 1.61. The van der Waals surface area contributed by atoms with Crippen LogP contribution in [0.25, 0.3) is 0 Å². The molecule has 0 fully saturated rings. The van der Waals surface area contributed by atoms with Crippen LogP contribution in [0, 0.1) is 0 Å². The molecule has 1 aromatic heterocycles. The van der Waals surface area contributed by atoms with Crippen molar-refractivity contribution in [2.24, 2.45) is 20.5 Å². The maximum atomic E-state index is 11.9. The molecular formula is C39H47N11O9S3. The third-order valence-electron chi connectivity index (χ3n) is 9.08. The van der Waals surface area contributed by atoms with E-state index in [1.807, 2.05) is 52.0 Å². The Kier molecular flexibility index (Phi) is 16.1. The lowest BCUT2D eigenvalue weighted by Crippen LogP contribution is -2.21. The molecular weight excluding hydrogens is 863 g/mol. The minimum Gasteiger partial charge on any atom is -0.494 e. The van der Waals surface area contributed by atoms with E-state index in [0.29, 0.717) is 48.9 Å². The summed E-state index contributed by atoms with van der Waals surface area (Å²) in [6, 6.07) is 18.2. The Bertz CT molecular complexity index is 2470. The molecule has 0 aliphatic heterocycles. The molecule has 0 radical (unpaired) electrons. The van der Waals surface area contributed by atoms with Crippen molar-refractivity contribution in [1.82, 2.24) is 15.0 Å². The van der Waals surface area contributed by atoms with Crippen LogP contribution >= 0.6 is 11.8 Å². The lowest BCUT2D eigenvalue weighted by molar-refractivity contribution is 0.322. The molecule has 0 saturated heterocycles. The predicted molar refractivity (Wildman–Crippen MR) is 238 cm³/mol. The Hall–Kier alpha value is -5.98. The van der Waals surface area contributed by atoms with Crippen LogP contribution in [-0.4, -0.2) is 98.8 Å². The zero-order valence-electron chi connectivity index (χ0n) is 34.7. The summed E-state index contributed by atoms with van der Waals surface area (Å²) in [5.41, 5.74) is 3.21. The maximum absolute atomic E-state index is 11.9. The first-order valence-corrected chi connectivity index (χ1v) is 23.0. The van der Waals surface area contributed by atoms with Gasteiger partial charge in [-0.25, -0.2) is 0 Å². The van der Waals surface area contributed by atoms with Gasteiger partial charge in [0, 0.05) is 43.3 Å². The highest BCUT2D eigenvalue weighted by Gasteiger charge is 2.18. The minimum atomic E-state index is -4.55. The van der Waals surface area contributed by atoms with Crippen LogP contribution < -0.4 is 29.9 Å². The molecule has 5 aromatic rings. The van der Waals surface area contributed by atoms with Crippen molar-refractivity contribution >= 4 is 89.4 Å². The van der Waals surface area contributed by atoms with Gasteiger partial charge in [-0.2, -0.15) is 31.8 Å². The SMILES string of the molecule is CCN(CC)c1ccc(/N=N/c2cc(S(=O)(=O)O)ccc2OC)c(Nc2nc(Nc3cc(N(CC)CC)ccc3/N=N/c3cc(S(=O)(=O)O)ccc3OC)nc(SCCO)n2)c1. The van der Waals surface area contributed by atoms with Crippen molar-refractivity contribution in [1.29, 1.82) is 0 Å². The Morgan fingerprint density at radius 2 is 1.00 bits per heavy atom. The minimum absolute atomic E-state index is 0.0419. The summed E-state index contributed by atoms with van der Waals surface area (Å²) in [7, 11) is -6.32. The van der Waals surface area contributed by atoms with E-state index < -0.39 is 20.2 Å². The van der Waals surface area contributed by atoms with Gasteiger partial charge in [0.25, 0.3) is 20.2 Å². The predicted octanol–water partition coefficient (Wildman–Crippen LogP) is 8.48. The van der Waals surface area contributed by atoms with E-state index in [1.165, 1.54) is 50.2 Å². The van der Waals surface area contributed by atoms with Gasteiger partial charge in [0.2, 0.25) is 11.9 Å². The van der Waals surface area contributed by atoms with Gasteiger partial charge in [0.1, 0.15) is 34.2 Å². The van der Waals surface area contributed by atoms with Crippen LogP contribution in [0.2, 0.25) is 0 Å². The fourth-order valence-electron chi connectivity index (χ4n) is 5.94. The average Bonchev–Trinajstić information content (AvgIpc) is 3.25. The number of anilines is 6. The van der Waals surface area contributed by atoms with E-state index >= 15 is 0 Å². The van der Waals surface area contributed by atoms with E-state index in [4.69, 9.17) is 14.5 Å². The summed E-state index contributed by atoms with van der Waals surface area (Å²) in [6.45, 7) is 10.7. The number of aliphatic hydroxyl groups excluding tert-OH is 1. The third-order valence-corrected chi connectivity index (χ3v) is 11.6. The summed E-state index contributed by atoms with van der Waals surface area (Å²) >= 11 is 1.18. The molecule has 5 rings (SSSR count). The number of hydrogen-bond acceptors (Lipinski definition) is 19. The van der Waals surface area contributed by atoms with Gasteiger partial charge in [-0.05, 0) is 100 Å². The first-order valence-electron chi connectivity index (χ1n) is 19.1. The molecule has 0 bridgehead atoms. The van der Waals surface area contributed by atoms with E-state index in [0.717, 1.165) is 23.5 Å². The number of hydrogen-bond donors (Lipinski definition) is 5. The summed E-state index contributed by atoms with van der Waals surface area (Å²) < 4.78 is 77.7. The molecule has 1 heterocycles. The normalized spacial score (nSPS) is 11.9. The highest BCUT2D eigenvalue weighted by atomic mass is 32.2. The number of azo groups is 2. The second-order valence-corrected chi connectivity index (χ2v) is 16.8. The quantitative estimate of drug-likeness (QED) is 0.0262. The van der Waals surface area contributed by atoms with Gasteiger partial charge in [-0.3, -0.25) is 9.11 Å². The number of aromatic nitrogens is 3. The highest BCUT2D eigenvalue weighted by molar-refractivity contribution is 7.99. The second kappa shape index (κ2) is 21.2. The van der Waals surface area contributed by atoms with Crippen molar-refractivity contribution in [2.75, 3.05) is 73.2 Å². The van der Waals surface area contributed by atoms with Crippen molar-refractivity contribution in [2.45, 2.75) is 42.6 Å². The Morgan fingerprint density at radius 1 is 0.597 bits per heavy atom. The zero-order chi connectivity index (χ0) is 45.0. The van der Waals surface area contributed by atoms with Crippen molar-refractivity contribution in [3.05, 3.63) is 72.8 Å². The highest BCUT2D eigenvalue weighted by Crippen LogP contribution is 2.39. The number of methoxy groups -OCH3 is 2. The van der Waals surface area contributed by atoms with Crippen LogP contribution in [0.15, 0.2) is 108 Å². The topological polar surface area (TPSA) is 266 Å². The standard InChI is InChI=1S/C39H47N11O9S3/c1-7-49(8-2)25-11-15-29(45-47-33-23-27(61(52,53)54)13-17-35(33)58-5)31(21-25)40-37-42-38(44-39(43-37)60-20-19-51)41-32-22-26(50(9-3)10-4)12-16-30(32)46-48-34-24-28(62(55,56)57)14-18-36(34)59-6/h11-18,21-24,51H,7-10,19-20H2,1-6H3,(H,52,53,54)(H,55,56,57)(H2,40,41,42,43,44)/b47-45+,48-46+. The summed E-state index contributed by atoms with van der Waals surface area (Å²) in [5, 5.41) is 33.8. The number of aliphatic hydroxyl groups is 1. The average molecular weight is 910 g/mol. The first kappa shape index (κ1) is 47.1. The van der Waals surface area contributed by atoms with E-state index in [2.05, 4.69) is 50.9 Å². The molecule has 0 amide bonds. The monoisotopic (exact) mass is 909 g/mol. The van der Waals surface area contributed by atoms with Crippen LogP contribution in [0.1, 0.15) is 27.7 Å². The number of nitrogens with one attached hydrogen (secondary N) is 2. The second-order valence-electron chi connectivity index (χ2n) is 12.9. The lowest BCUT2D eigenvalue weighted by Gasteiger charge is -2.22. The van der Waals surface area contributed by atoms with Gasteiger partial charge in [-0.1, -0.05) is 11.8 Å². The molecule has 20 nitrogen and oxygen atoms in total. The maximum Gasteiger partial charge on any atom is 0.294 e.